The highest BCUT2D eigenvalue weighted by Gasteiger charge is 2.24. The SMILES string of the molecule is CP(C)(=O)c1cc(-c2nc(-c3ccccc3)nc(-c3ccccc3)n2)ccc1-c1cccc(C(=C(c2ccccc2)c2ccccc2)c2ccccc2)c1.c1ccc(C(=C(c2ccccc2)c2ccc(-c3ccc(-c4ccc(-c5nc(-c6ccccc6)nc(-c6ccccc6)n5)cc4)cc3)cc2)c2ccccc2)cc1. The molecule has 0 aliphatic rings. The average Bonchev–Trinajstić information content (AvgIpc) is 0.724. The summed E-state index contributed by atoms with van der Waals surface area (Å²) in [6, 6.07) is 145. The van der Waals surface area contributed by atoms with E-state index in [4.69, 9.17) is 29.9 Å². The zero-order chi connectivity index (χ0) is 74.4. The van der Waals surface area contributed by atoms with Crippen molar-refractivity contribution in [3.8, 4) is 102 Å². The van der Waals surface area contributed by atoms with Crippen molar-refractivity contribution in [1.82, 2.24) is 29.9 Å². The lowest BCUT2D eigenvalue weighted by Gasteiger charge is -2.20. The van der Waals surface area contributed by atoms with E-state index in [-0.39, 0.29) is 0 Å². The predicted octanol–water partition coefficient (Wildman–Crippen LogP) is 25.0. The highest BCUT2D eigenvalue weighted by atomic mass is 31.2. The first-order chi connectivity index (χ1) is 54.2. The van der Waals surface area contributed by atoms with Crippen LogP contribution in [0.3, 0.4) is 0 Å². The number of rotatable bonds is 18. The molecule has 110 heavy (non-hydrogen) atoms. The third-order valence-electron chi connectivity index (χ3n) is 19.4. The predicted molar refractivity (Wildman–Crippen MR) is 456 cm³/mol. The first kappa shape index (κ1) is 70.3. The molecule has 7 nitrogen and oxygen atoms in total. The minimum atomic E-state index is -2.80. The highest BCUT2D eigenvalue weighted by Crippen LogP contribution is 2.44. The van der Waals surface area contributed by atoms with E-state index in [0.29, 0.717) is 34.9 Å². The minimum Gasteiger partial charge on any atom is -0.319 e. The van der Waals surface area contributed by atoms with Crippen LogP contribution in [0.4, 0.5) is 0 Å². The third-order valence-corrected chi connectivity index (χ3v) is 21.0. The van der Waals surface area contributed by atoms with E-state index in [0.717, 1.165) is 94.3 Å². The van der Waals surface area contributed by atoms with E-state index >= 15 is 0 Å². The standard InChI is InChI=1S/C53H37N3.C49H38N3OP/c1-6-16-42(17-7-1)49(43-18-8-2-9-19-43)50(44-20-10-3-11-21-44)45-34-30-40(31-35-45)38-26-28-39(29-27-38)41-32-36-48(37-33-41)53-55-51(46-22-12-4-13-23-46)54-52(56-53)47-24-14-5-15-25-47;1-54(2,53)44-34-42(49-51-47(38-25-14-6-15-26-38)50-48(52-49)39-27-16-7-17-28-39)31-32-43(44)40-29-18-30-41(33-40)46(37-23-12-5-13-24-37)45(35-19-8-3-9-20-35)36-21-10-4-11-22-36/h1-37H;3-34H,1-2H3. The zero-order valence-corrected chi connectivity index (χ0v) is 61.8. The van der Waals surface area contributed by atoms with Crippen molar-refractivity contribution in [1.29, 1.82) is 0 Å². The van der Waals surface area contributed by atoms with Gasteiger partial charge in [0.15, 0.2) is 34.9 Å². The second kappa shape index (κ2) is 32.8. The normalized spacial score (nSPS) is 11.0. The molecule has 8 heteroatoms. The number of hydrogen-bond acceptors (Lipinski definition) is 7. The Bertz CT molecular complexity index is 5900. The van der Waals surface area contributed by atoms with Crippen LogP contribution in [0, 0.1) is 0 Å². The Balaban J connectivity index is 0.000000167. The fraction of sp³-hybridized carbons (Fsp3) is 0.0196. The second-order valence-corrected chi connectivity index (χ2v) is 30.4. The lowest BCUT2D eigenvalue weighted by Crippen LogP contribution is -2.09. The van der Waals surface area contributed by atoms with Crippen LogP contribution < -0.4 is 5.30 Å². The molecule has 0 saturated carbocycles. The van der Waals surface area contributed by atoms with Gasteiger partial charge in [-0.05, 0) is 126 Å². The maximum absolute atomic E-state index is 14.2. The molecule has 17 aromatic rings. The molecule has 0 atom stereocenters. The lowest BCUT2D eigenvalue weighted by molar-refractivity contribution is 0.588. The summed E-state index contributed by atoms with van der Waals surface area (Å²) in [5.41, 5.74) is 25.8. The van der Waals surface area contributed by atoms with Gasteiger partial charge < -0.3 is 4.57 Å². The van der Waals surface area contributed by atoms with Gasteiger partial charge in [-0.25, -0.2) is 29.9 Å². The maximum Gasteiger partial charge on any atom is 0.164 e. The molecule has 0 bridgehead atoms. The average molecular weight is 1430 g/mol. The molecule has 17 rings (SSSR count). The van der Waals surface area contributed by atoms with Crippen molar-refractivity contribution in [3.05, 3.63) is 463 Å². The van der Waals surface area contributed by atoms with Crippen molar-refractivity contribution in [2.75, 3.05) is 13.3 Å². The first-order valence-corrected chi connectivity index (χ1v) is 39.5. The van der Waals surface area contributed by atoms with Gasteiger partial charge in [-0.15, -0.1) is 0 Å². The van der Waals surface area contributed by atoms with E-state index in [1.807, 2.05) is 153 Å². The van der Waals surface area contributed by atoms with Gasteiger partial charge in [0.05, 0.1) is 0 Å². The van der Waals surface area contributed by atoms with Crippen molar-refractivity contribution in [2.45, 2.75) is 0 Å². The van der Waals surface area contributed by atoms with Crippen molar-refractivity contribution in [3.63, 3.8) is 0 Å². The fourth-order valence-electron chi connectivity index (χ4n) is 14.0. The Hall–Kier alpha value is -14.0. The quantitative estimate of drug-likeness (QED) is 0.0624. The Kier molecular flexibility index (Phi) is 21.0. The van der Waals surface area contributed by atoms with Gasteiger partial charge in [-0.1, -0.05) is 406 Å². The maximum atomic E-state index is 14.2. The smallest absolute Gasteiger partial charge is 0.164 e. The zero-order valence-electron chi connectivity index (χ0n) is 60.9. The van der Waals surface area contributed by atoms with Gasteiger partial charge in [0, 0.05) is 38.7 Å². The van der Waals surface area contributed by atoms with Crippen LogP contribution in [0.15, 0.2) is 419 Å². The van der Waals surface area contributed by atoms with Crippen LogP contribution >= 0.6 is 7.14 Å². The van der Waals surface area contributed by atoms with Crippen molar-refractivity contribution in [2.24, 2.45) is 0 Å². The lowest BCUT2D eigenvalue weighted by atomic mass is 9.85. The topological polar surface area (TPSA) is 94.4 Å². The molecule has 0 unspecified atom stereocenters. The van der Waals surface area contributed by atoms with Gasteiger partial charge >= 0.3 is 0 Å². The van der Waals surface area contributed by atoms with Gasteiger partial charge in [-0.3, -0.25) is 0 Å². The van der Waals surface area contributed by atoms with E-state index in [2.05, 4.69) is 279 Å². The van der Waals surface area contributed by atoms with E-state index in [9.17, 15) is 4.57 Å². The summed E-state index contributed by atoms with van der Waals surface area (Å²) in [5.74, 6) is 3.66. The largest absolute Gasteiger partial charge is 0.319 e. The van der Waals surface area contributed by atoms with Crippen LogP contribution in [-0.2, 0) is 4.57 Å². The monoisotopic (exact) mass is 1430 g/mol. The molecular formula is C102H75N6OP. The molecule has 0 aliphatic carbocycles. The molecule has 0 N–H and O–H groups in total. The number of nitrogens with zero attached hydrogens (tertiary/aromatic N) is 6. The Morgan fingerprint density at radius 1 is 0.182 bits per heavy atom. The van der Waals surface area contributed by atoms with Crippen LogP contribution in [0.25, 0.3) is 124 Å². The Morgan fingerprint density at radius 3 is 0.664 bits per heavy atom. The summed E-state index contributed by atoms with van der Waals surface area (Å²) in [5, 5.41) is 0.775. The summed E-state index contributed by atoms with van der Waals surface area (Å²) >= 11 is 0. The number of benzene rings is 15. The Morgan fingerprint density at radius 2 is 0.382 bits per heavy atom. The van der Waals surface area contributed by atoms with E-state index in [1.54, 1.807) is 0 Å². The van der Waals surface area contributed by atoms with E-state index < -0.39 is 7.14 Å². The fourth-order valence-corrected chi connectivity index (χ4v) is 15.3. The summed E-state index contributed by atoms with van der Waals surface area (Å²) in [6.45, 7) is 3.66. The highest BCUT2D eigenvalue weighted by molar-refractivity contribution is 7.70. The molecule has 0 aliphatic heterocycles. The summed E-state index contributed by atoms with van der Waals surface area (Å²) in [6.07, 6.45) is 0. The van der Waals surface area contributed by atoms with Gasteiger partial charge in [-0.2, -0.15) is 0 Å². The van der Waals surface area contributed by atoms with Crippen molar-refractivity contribution >= 4 is 34.7 Å². The molecule has 0 amide bonds. The molecule has 0 fully saturated rings. The molecule has 2 heterocycles. The third kappa shape index (κ3) is 16.1. The molecule has 0 saturated heterocycles. The summed E-state index contributed by atoms with van der Waals surface area (Å²) in [4.78, 5) is 29.4. The molecular weight excluding hydrogens is 1360 g/mol. The van der Waals surface area contributed by atoms with Crippen LogP contribution in [0.1, 0.15) is 44.5 Å². The van der Waals surface area contributed by atoms with Gasteiger partial charge in [0.1, 0.15) is 7.14 Å². The van der Waals surface area contributed by atoms with Crippen LogP contribution in [-0.4, -0.2) is 43.2 Å². The summed E-state index contributed by atoms with van der Waals surface area (Å²) in [7, 11) is -2.80. The molecule has 524 valence electrons. The first-order valence-electron chi connectivity index (χ1n) is 36.9. The second-order valence-electron chi connectivity index (χ2n) is 27.2. The molecule has 0 radical (unpaired) electrons. The number of hydrogen-bond donors (Lipinski definition) is 0. The van der Waals surface area contributed by atoms with Crippen molar-refractivity contribution < 1.29 is 4.57 Å². The molecule has 15 aromatic carbocycles. The van der Waals surface area contributed by atoms with Gasteiger partial charge in [0.25, 0.3) is 0 Å². The Labute approximate surface area is 643 Å². The molecule has 0 spiro atoms. The number of aromatic nitrogens is 6. The van der Waals surface area contributed by atoms with Crippen LogP contribution in [0.5, 0.6) is 0 Å². The van der Waals surface area contributed by atoms with Gasteiger partial charge in [0.2, 0.25) is 0 Å². The summed E-state index contributed by atoms with van der Waals surface area (Å²) < 4.78 is 14.2. The van der Waals surface area contributed by atoms with E-state index in [1.165, 1.54) is 44.5 Å². The minimum absolute atomic E-state index is 0.530. The molecule has 2 aromatic heterocycles. The van der Waals surface area contributed by atoms with Crippen LogP contribution in [0.2, 0.25) is 0 Å².